The molecule has 1 aliphatic carbocycles. The number of carbonyl (C=O) groups is 1. The fourth-order valence-electron chi connectivity index (χ4n) is 5.56. The zero-order valence-corrected chi connectivity index (χ0v) is 24.3. The number of likely N-dealkylation sites (tertiary alicyclic amines) is 1. The Hall–Kier alpha value is -1.38. The predicted molar refractivity (Wildman–Crippen MR) is 146 cm³/mol. The van der Waals surface area contributed by atoms with Gasteiger partial charge in [-0.05, 0) is 88.1 Å². The van der Waals surface area contributed by atoms with Gasteiger partial charge in [-0.3, -0.25) is 4.68 Å². The Morgan fingerprint density at radius 3 is 2.53 bits per heavy atom. The Morgan fingerprint density at radius 1 is 1.24 bits per heavy atom. The SMILES string of the molecule is Cc1cc2c(cnn2PI)c(-c2c(C)nn(C3CC4(C3)CN(C(=O)OC(C)(C)C)C4)c2C)c1Cl. The van der Waals surface area contributed by atoms with E-state index in [0.29, 0.717) is 12.4 Å². The summed E-state index contributed by atoms with van der Waals surface area (Å²) in [5.41, 5.74) is 6.16. The molecule has 5 rings (SSSR count). The van der Waals surface area contributed by atoms with Gasteiger partial charge in [-0.15, -0.1) is 0 Å². The van der Waals surface area contributed by atoms with Crippen molar-refractivity contribution in [2.45, 2.75) is 66.0 Å². The zero-order chi connectivity index (χ0) is 24.6. The van der Waals surface area contributed by atoms with E-state index in [9.17, 15) is 4.79 Å². The number of ether oxygens (including phenoxy) is 1. The van der Waals surface area contributed by atoms with Crippen LogP contribution in [0.1, 0.15) is 56.6 Å². The molecule has 1 spiro atoms. The van der Waals surface area contributed by atoms with E-state index >= 15 is 0 Å². The summed E-state index contributed by atoms with van der Waals surface area (Å²) in [6.07, 6.45) is 4.30. The van der Waals surface area contributed by atoms with E-state index in [0.717, 1.165) is 69.9 Å². The molecule has 1 aliphatic heterocycles. The molecule has 34 heavy (non-hydrogen) atoms. The molecule has 0 radical (unpaired) electrons. The van der Waals surface area contributed by atoms with Gasteiger partial charge >= 0.3 is 6.09 Å². The van der Waals surface area contributed by atoms with Crippen molar-refractivity contribution in [2.75, 3.05) is 13.1 Å². The summed E-state index contributed by atoms with van der Waals surface area (Å²) < 4.78 is 9.73. The van der Waals surface area contributed by atoms with Crippen LogP contribution in [-0.2, 0) is 4.74 Å². The Kier molecular flexibility index (Phi) is 5.97. The summed E-state index contributed by atoms with van der Waals surface area (Å²) in [5.74, 6) is 0. The highest BCUT2D eigenvalue weighted by Gasteiger charge is 2.55. The van der Waals surface area contributed by atoms with E-state index < -0.39 is 5.60 Å². The lowest BCUT2D eigenvalue weighted by atomic mass is 9.61. The number of nitrogens with zero attached hydrogens (tertiary/aromatic N) is 5. The highest BCUT2D eigenvalue weighted by atomic mass is 127. The lowest BCUT2D eigenvalue weighted by molar-refractivity contribution is -0.0931. The van der Waals surface area contributed by atoms with Gasteiger partial charge in [0.1, 0.15) is 5.60 Å². The van der Waals surface area contributed by atoms with Crippen LogP contribution >= 0.6 is 40.0 Å². The first-order valence-corrected chi connectivity index (χ1v) is 15.9. The van der Waals surface area contributed by atoms with Crippen LogP contribution in [0.3, 0.4) is 0 Å². The van der Waals surface area contributed by atoms with Crippen LogP contribution < -0.4 is 0 Å². The number of carbonyl (C=O) groups excluding carboxylic acids is 1. The van der Waals surface area contributed by atoms with Gasteiger partial charge in [0.15, 0.2) is 0 Å². The number of hydrogen-bond acceptors (Lipinski definition) is 4. The van der Waals surface area contributed by atoms with Crippen molar-refractivity contribution < 1.29 is 9.53 Å². The van der Waals surface area contributed by atoms with Gasteiger partial charge in [0.2, 0.25) is 0 Å². The number of hydrogen-bond donors (Lipinski definition) is 0. The average molecular weight is 614 g/mol. The molecular formula is C24H30ClIN5O2P. The molecule has 3 heterocycles. The van der Waals surface area contributed by atoms with E-state index in [1.54, 1.807) is 0 Å². The molecule has 2 fully saturated rings. The standard InChI is InChI=1S/C24H30ClIN5O2P/c1-13-7-18-17(10-27-31(18)34-26)20(21(13)25)19-14(2)28-30(15(19)3)16-8-24(9-16)11-29(12-24)22(32)33-23(4,5)6/h7,10,16,34H,8-9,11-12H2,1-6H3. The quantitative estimate of drug-likeness (QED) is 0.240. The highest BCUT2D eigenvalue weighted by molar-refractivity contribution is 14.2. The van der Waals surface area contributed by atoms with Crippen molar-refractivity contribution >= 4 is 57.0 Å². The number of aromatic nitrogens is 4. The molecule has 10 heteroatoms. The molecule has 1 amide bonds. The van der Waals surface area contributed by atoms with Crippen LogP contribution in [0.2, 0.25) is 5.02 Å². The van der Waals surface area contributed by atoms with Gasteiger partial charge in [-0.1, -0.05) is 11.6 Å². The van der Waals surface area contributed by atoms with Gasteiger partial charge in [0.05, 0.1) is 34.8 Å². The number of halogens is 2. The first kappa shape index (κ1) is 24.3. The molecule has 1 aromatic carbocycles. The normalized spacial score (nSPS) is 18.2. The molecular weight excluding hydrogens is 584 g/mol. The number of fused-ring (bicyclic) bond motifs is 1. The summed E-state index contributed by atoms with van der Waals surface area (Å²) in [6, 6.07) is 2.46. The van der Waals surface area contributed by atoms with Crippen LogP contribution in [0.25, 0.3) is 22.0 Å². The van der Waals surface area contributed by atoms with Crippen LogP contribution in [-0.4, -0.2) is 49.0 Å². The molecule has 1 saturated carbocycles. The molecule has 0 N–H and O–H groups in total. The second kappa shape index (κ2) is 8.34. The maximum absolute atomic E-state index is 12.3. The minimum Gasteiger partial charge on any atom is -0.444 e. The van der Waals surface area contributed by atoms with Crippen molar-refractivity contribution in [1.29, 1.82) is 0 Å². The maximum atomic E-state index is 12.3. The molecule has 182 valence electrons. The number of benzene rings is 1. The number of aryl methyl sites for hydroxylation is 2. The smallest absolute Gasteiger partial charge is 0.410 e. The monoisotopic (exact) mass is 613 g/mol. The summed E-state index contributed by atoms with van der Waals surface area (Å²) in [4.78, 5) is 14.2. The van der Waals surface area contributed by atoms with Crippen molar-refractivity contribution in [3.05, 3.63) is 34.2 Å². The maximum Gasteiger partial charge on any atom is 0.410 e. The third kappa shape index (κ3) is 3.94. The molecule has 2 aliphatic rings. The van der Waals surface area contributed by atoms with Crippen LogP contribution in [0.4, 0.5) is 4.79 Å². The number of amides is 1. The first-order chi connectivity index (χ1) is 15.9. The lowest BCUT2D eigenvalue weighted by Crippen LogP contribution is -2.64. The molecule has 2 aromatic heterocycles. The Bertz CT molecular complexity index is 1300. The summed E-state index contributed by atoms with van der Waals surface area (Å²) in [6.45, 7) is 13.5. The predicted octanol–water partition coefficient (Wildman–Crippen LogP) is 6.84. The van der Waals surface area contributed by atoms with Gasteiger partial charge in [0.25, 0.3) is 0 Å². The summed E-state index contributed by atoms with van der Waals surface area (Å²) in [5, 5.41) is 11.4. The molecule has 1 saturated heterocycles. The Balaban J connectivity index is 1.39. The number of rotatable bonds is 3. The minimum absolute atomic E-state index is 0.199. The third-order valence-electron chi connectivity index (χ3n) is 7.04. The van der Waals surface area contributed by atoms with Crippen molar-refractivity contribution in [3.8, 4) is 11.1 Å². The van der Waals surface area contributed by atoms with Crippen LogP contribution in [0.5, 0.6) is 0 Å². The van der Waals surface area contributed by atoms with Crippen molar-refractivity contribution in [2.24, 2.45) is 5.41 Å². The second-order valence-corrected chi connectivity index (χ2v) is 13.3. The first-order valence-electron chi connectivity index (χ1n) is 11.5. The minimum atomic E-state index is -0.460. The second-order valence-electron chi connectivity index (χ2n) is 10.8. The summed E-state index contributed by atoms with van der Waals surface area (Å²) >= 11 is 9.24. The van der Waals surface area contributed by atoms with E-state index in [1.165, 1.54) is 0 Å². The fraction of sp³-hybridized carbons (Fsp3) is 0.542. The van der Waals surface area contributed by atoms with Gasteiger partial charge in [0, 0.05) is 40.7 Å². The van der Waals surface area contributed by atoms with E-state index in [-0.39, 0.29) is 11.5 Å². The molecule has 1 unspecified atom stereocenters. The van der Waals surface area contributed by atoms with Crippen LogP contribution in [0, 0.1) is 26.2 Å². The Labute approximate surface area is 219 Å². The molecule has 1 atom stereocenters. The van der Waals surface area contributed by atoms with Crippen molar-refractivity contribution in [1.82, 2.24) is 24.2 Å². The topological polar surface area (TPSA) is 65.2 Å². The highest BCUT2D eigenvalue weighted by Crippen LogP contribution is 2.55. The van der Waals surface area contributed by atoms with E-state index in [2.05, 4.69) is 58.7 Å². The molecule has 3 aromatic rings. The van der Waals surface area contributed by atoms with Gasteiger partial charge < -0.3 is 9.64 Å². The lowest BCUT2D eigenvalue weighted by Gasteiger charge is -2.58. The fourth-order valence-corrected chi connectivity index (χ4v) is 7.34. The summed E-state index contributed by atoms with van der Waals surface area (Å²) in [7, 11) is 0. The molecule has 0 bridgehead atoms. The van der Waals surface area contributed by atoms with E-state index in [4.69, 9.17) is 21.4 Å². The third-order valence-corrected chi connectivity index (χ3v) is 9.41. The van der Waals surface area contributed by atoms with E-state index in [1.807, 2.05) is 36.3 Å². The molecule has 7 nitrogen and oxygen atoms in total. The Morgan fingerprint density at radius 2 is 1.91 bits per heavy atom. The van der Waals surface area contributed by atoms with Crippen molar-refractivity contribution in [3.63, 3.8) is 0 Å². The average Bonchev–Trinajstić information content (AvgIpc) is 3.20. The van der Waals surface area contributed by atoms with Gasteiger partial charge in [-0.25, -0.2) is 9.25 Å². The zero-order valence-electron chi connectivity index (χ0n) is 20.4. The largest absolute Gasteiger partial charge is 0.444 e. The van der Waals surface area contributed by atoms with Gasteiger partial charge in [-0.2, -0.15) is 10.2 Å². The van der Waals surface area contributed by atoms with Crippen LogP contribution in [0.15, 0.2) is 12.3 Å².